The zero-order valence-corrected chi connectivity index (χ0v) is 5.84. The SMILES string of the molecule is CCC1(C)OC(=O)OC1=O. The lowest BCUT2D eigenvalue weighted by Gasteiger charge is -2.12. The molecule has 1 aliphatic rings. The van der Waals surface area contributed by atoms with Crippen LogP contribution in [0.15, 0.2) is 0 Å². The molecule has 0 aromatic heterocycles. The van der Waals surface area contributed by atoms with Crippen molar-refractivity contribution in [2.24, 2.45) is 0 Å². The highest BCUT2D eigenvalue weighted by Gasteiger charge is 2.45. The first kappa shape index (κ1) is 7.05. The van der Waals surface area contributed by atoms with Crippen molar-refractivity contribution in [2.75, 3.05) is 0 Å². The average Bonchev–Trinajstić information content (AvgIpc) is 2.09. The van der Waals surface area contributed by atoms with Gasteiger partial charge < -0.3 is 9.47 Å². The number of esters is 1. The number of hydrogen-bond donors (Lipinski definition) is 0. The Morgan fingerprint density at radius 1 is 1.50 bits per heavy atom. The van der Waals surface area contributed by atoms with E-state index >= 15 is 0 Å². The molecule has 1 rings (SSSR count). The molecule has 1 unspecified atom stereocenters. The van der Waals surface area contributed by atoms with Crippen LogP contribution in [-0.4, -0.2) is 17.7 Å². The lowest BCUT2D eigenvalue weighted by Crippen LogP contribution is -2.31. The molecule has 0 aliphatic carbocycles. The molecular formula is C6H8O4. The van der Waals surface area contributed by atoms with Crippen molar-refractivity contribution in [3.63, 3.8) is 0 Å². The van der Waals surface area contributed by atoms with E-state index in [1.807, 2.05) is 0 Å². The first-order valence-electron chi connectivity index (χ1n) is 3.04. The Balaban J connectivity index is 2.80. The fourth-order valence-electron chi connectivity index (χ4n) is 0.647. The lowest BCUT2D eigenvalue weighted by molar-refractivity contribution is -0.142. The summed E-state index contributed by atoms with van der Waals surface area (Å²) in [6.07, 6.45) is -0.452. The van der Waals surface area contributed by atoms with E-state index in [-0.39, 0.29) is 0 Å². The van der Waals surface area contributed by atoms with E-state index in [9.17, 15) is 9.59 Å². The molecule has 0 aromatic carbocycles. The van der Waals surface area contributed by atoms with Gasteiger partial charge in [0.15, 0.2) is 0 Å². The van der Waals surface area contributed by atoms with Crippen molar-refractivity contribution in [1.29, 1.82) is 0 Å². The Labute approximate surface area is 58.1 Å². The maximum Gasteiger partial charge on any atom is 0.517 e. The Morgan fingerprint density at radius 3 is 2.30 bits per heavy atom. The van der Waals surface area contributed by atoms with Crippen molar-refractivity contribution in [3.05, 3.63) is 0 Å². The second-order valence-corrected chi connectivity index (χ2v) is 2.33. The molecule has 1 atom stereocenters. The molecule has 0 N–H and O–H groups in total. The summed E-state index contributed by atoms with van der Waals surface area (Å²) in [6, 6.07) is 0. The molecule has 0 radical (unpaired) electrons. The fourth-order valence-corrected chi connectivity index (χ4v) is 0.647. The standard InChI is InChI=1S/C6H8O4/c1-3-6(2)4(7)9-5(8)10-6/h3H2,1-2H3. The third-order valence-electron chi connectivity index (χ3n) is 1.59. The van der Waals surface area contributed by atoms with Gasteiger partial charge in [0.05, 0.1) is 0 Å². The van der Waals surface area contributed by atoms with E-state index in [0.29, 0.717) is 6.42 Å². The summed E-state index contributed by atoms with van der Waals surface area (Å²) in [4.78, 5) is 21.1. The quantitative estimate of drug-likeness (QED) is 0.404. The summed E-state index contributed by atoms with van der Waals surface area (Å²) < 4.78 is 8.77. The molecule has 0 aromatic rings. The zero-order valence-electron chi connectivity index (χ0n) is 5.84. The van der Waals surface area contributed by atoms with E-state index in [0.717, 1.165) is 0 Å². The molecule has 1 saturated heterocycles. The van der Waals surface area contributed by atoms with Gasteiger partial charge in [-0.15, -0.1) is 0 Å². The molecule has 4 heteroatoms. The van der Waals surface area contributed by atoms with Crippen LogP contribution in [0.5, 0.6) is 0 Å². The molecule has 1 heterocycles. The summed E-state index contributed by atoms with van der Waals surface area (Å²) in [5, 5.41) is 0. The van der Waals surface area contributed by atoms with Gasteiger partial charge >= 0.3 is 12.1 Å². The molecule has 1 aliphatic heterocycles. The second-order valence-electron chi connectivity index (χ2n) is 2.33. The van der Waals surface area contributed by atoms with Crippen LogP contribution in [0.3, 0.4) is 0 Å². The first-order valence-corrected chi connectivity index (χ1v) is 3.04. The molecule has 1 fully saturated rings. The number of carbonyl (C=O) groups is 2. The molecule has 4 nitrogen and oxygen atoms in total. The minimum atomic E-state index is -1.04. The van der Waals surface area contributed by atoms with Crippen LogP contribution in [0.25, 0.3) is 0 Å². The number of rotatable bonds is 1. The smallest absolute Gasteiger partial charge is 0.416 e. The van der Waals surface area contributed by atoms with Crippen LogP contribution in [0, 0.1) is 0 Å². The highest BCUT2D eigenvalue weighted by molar-refractivity contribution is 5.93. The van der Waals surface area contributed by atoms with Crippen LogP contribution in [0.4, 0.5) is 4.79 Å². The fraction of sp³-hybridized carbons (Fsp3) is 0.667. The lowest BCUT2D eigenvalue weighted by atomic mass is 10.1. The molecule has 0 spiro atoms. The highest BCUT2D eigenvalue weighted by atomic mass is 16.8. The number of carbonyl (C=O) groups excluding carboxylic acids is 2. The minimum absolute atomic E-state index is 0.442. The van der Waals surface area contributed by atoms with E-state index in [1.54, 1.807) is 6.92 Å². The maximum atomic E-state index is 10.8. The normalized spacial score (nSPS) is 31.8. The molecular weight excluding hydrogens is 136 g/mol. The van der Waals surface area contributed by atoms with Gasteiger partial charge in [-0.2, -0.15) is 0 Å². The van der Waals surface area contributed by atoms with Crippen LogP contribution in [-0.2, 0) is 14.3 Å². The Bertz CT molecular complexity index is 186. The summed E-state index contributed by atoms with van der Waals surface area (Å²) >= 11 is 0. The summed E-state index contributed by atoms with van der Waals surface area (Å²) in [5.41, 5.74) is -1.04. The maximum absolute atomic E-state index is 10.8. The van der Waals surface area contributed by atoms with E-state index < -0.39 is 17.7 Å². The summed E-state index contributed by atoms with van der Waals surface area (Å²) in [7, 11) is 0. The number of ether oxygens (including phenoxy) is 2. The van der Waals surface area contributed by atoms with Gasteiger partial charge in [0.2, 0.25) is 5.60 Å². The summed E-state index contributed by atoms with van der Waals surface area (Å²) in [6.45, 7) is 3.28. The molecule has 0 bridgehead atoms. The topological polar surface area (TPSA) is 52.6 Å². The van der Waals surface area contributed by atoms with Crippen molar-refractivity contribution >= 4 is 12.1 Å². The molecule has 56 valence electrons. The predicted molar refractivity (Wildman–Crippen MR) is 31.3 cm³/mol. The van der Waals surface area contributed by atoms with Crippen LogP contribution in [0.1, 0.15) is 20.3 Å². The van der Waals surface area contributed by atoms with E-state index in [1.165, 1.54) is 6.92 Å². The van der Waals surface area contributed by atoms with Crippen LogP contribution >= 0.6 is 0 Å². The molecule has 10 heavy (non-hydrogen) atoms. The minimum Gasteiger partial charge on any atom is -0.416 e. The van der Waals surface area contributed by atoms with Crippen molar-refractivity contribution in [2.45, 2.75) is 25.9 Å². The largest absolute Gasteiger partial charge is 0.517 e. The third-order valence-corrected chi connectivity index (χ3v) is 1.59. The number of cyclic esters (lactones) is 3. The van der Waals surface area contributed by atoms with Gasteiger partial charge in [0.1, 0.15) is 0 Å². The van der Waals surface area contributed by atoms with Gasteiger partial charge in [-0.1, -0.05) is 6.92 Å². The van der Waals surface area contributed by atoms with Gasteiger partial charge in [-0.3, -0.25) is 0 Å². The van der Waals surface area contributed by atoms with E-state index in [4.69, 9.17) is 0 Å². The Morgan fingerprint density at radius 2 is 2.10 bits per heavy atom. The van der Waals surface area contributed by atoms with Crippen LogP contribution in [0.2, 0.25) is 0 Å². The molecule has 0 saturated carbocycles. The monoisotopic (exact) mass is 144 g/mol. The molecule has 0 amide bonds. The Hall–Kier alpha value is -1.06. The van der Waals surface area contributed by atoms with Crippen LogP contribution < -0.4 is 0 Å². The van der Waals surface area contributed by atoms with Gasteiger partial charge in [0.25, 0.3) is 0 Å². The highest BCUT2D eigenvalue weighted by Crippen LogP contribution is 2.23. The zero-order chi connectivity index (χ0) is 7.78. The Kier molecular flexibility index (Phi) is 1.39. The van der Waals surface area contributed by atoms with Crippen molar-refractivity contribution in [3.8, 4) is 0 Å². The van der Waals surface area contributed by atoms with Gasteiger partial charge in [-0.05, 0) is 13.3 Å². The third kappa shape index (κ3) is 0.853. The average molecular weight is 144 g/mol. The number of hydrogen-bond acceptors (Lipinski definition) is 4. The van der Waals surface area contributed by atoms with Gasteiger partial charge in [-0.25, -0.2) is 9.59 Å². The predicted octanol–water partition coefficient (Wildman–Crippen LogP) is 0.849. The van der Waals surface area contributed by atoms with E-state index in [2.05, 4.69) is 9.47 Å². The van der Waals surface area contributed by atoms with Gasteiger partial charge in [0, 0.05) is 0 Å². The van der Waals surface area contributed by atoms with Crippen molar-refractivity contribution in [1.82, 2.24) is 0 Å². The second kappa shape index (κ2) is 1.97. The first-order chi connectivity index (χ1) is 4.58. The van der Waals surface area contributed by atoms with Crippen molar-refractivity contribution < 1.29 is 19.1 Å². The summed E-state index contributed by atoms with van der Waals surface area (Å²) in [5.74, 6) is -0.597.